The summed E-state index contributed by atoms with van der Waals surface area (Å²) < 4.78 is 73.3. The van der Waals surface area contributed by atoms with Crippen molar-refractivity contribution in [3.63, 3.8) is 0 Å². The molecule has 1 heterocycles. The molecule has 0 aliphatic rings. The van der Waals surface area contributed by atoms with Gasteiger partial charge in [0.05, 0.1) is 11.0 Å². The summed E-state index contributed by atoms with van der Waals surface area (Å²) in [6.07, 6.45) is 0. The first-order chi connectivity index (χ1) is 24.6. The first-order valence-corrected chi connectivity index (χ1v) is 14.9. The van der Waals surface area contributed by atoms with Crippen molar-refractivity contribution in [3.8, 4) is 33.4 Å². The Morgan fingerprint density at radius 3 is 1.49 bits per heavy atom. The van der Waals surface area contributed by atoms with Crippen molar-refractivity contribution in [1.82, 2.24) is 0 Å². The highest BCUT2D eigenvalue weighted by Gasteiger charge is 2.16. The molecule has 9 aromatic rings. The van der Waals surface area contributed by atoms with Gasteiger partial charge in [0.1, 0.15) is 0 Å². The predicted molar refractivity (Wildman–Crippen MR) is 188 cm³/mol. The molecule has 0 saturated carbocycles. The summed E-state index contributed by atoms with van der Waals surface area (Å²) in [4.78, 5) is 0. The second-order valence-corrected chi connectivity index (χ2v) is 11.8. The van der Waals surface area contributed by atoms with Crippen LogP contribution in [0.5, 0.6) is 0 Å². The largest absolute Gasteiger partial charge is 0.135 e. The average Bonchev–Trinajstić information content (AvgIpc) is 3.52. The molecule has 200 valence electrons. The van der Waals surface area contributed by atoms with Crippen LogP contribution in [0.25, 0.3) is 85.9 Å². The van der Waals surface area contributed by atoms with E-state index in [2.05, 4.69) is 54.6 Å². The van der Waals surface area contributed by atoms with E-state index in [0.29, 0.717) is 22.3 Å². The van der Waals surface area contributed by atoms with Gasteiger partial charge >= 0.3 is 0 Å². The van der Waals surface area contributed by atoms with E-state index in [1.165, 1.54) is 30.9 Å². The molecule has 0 N–H and O–H groups in total. The van der Waals surface area contributed by atoms with E-state index in [1.54, 1.807) is 35.6 Å². The Labute approximate surface area is 265 Å². The summed E-state index contributed by atoms with van der Waals surface area (Å²) in [5.74, 6) is 0. The number of hydrogen-bond donors (Lipinski definition) is 0. The van der Waals surface area contributed by atoms with Crippen LogP contribution in [0.15, 0.2) is 158 Å². The van der Waals surface area contributed by atoms with Crippen LogP contribution >= 0.6 is 11.3 Å². The molecule has 0 fully saturated rings. The van der Waals surface area contributed by atoms with Gasteiger partial charge in [-0.3, -0.25) is 0 Å². The fourth-order valence-corrected chi connectivity index (χ4v) is 7.45. The van der Waals surface area contributed by atoms with Gasteiger partial charge in [-0.1, -0.05) is 139 Å². The molecule has 0 nitrogen and oxygen atoms in total. The summed E-state index contributed by atoms with van der Waals surface area (Å²) in [6.45, 7) is 0. The van der Waals surface area contributed by atoms with Crippen molar-refractivity contribution in [2.75, 3.05) is 0 Å². The lowest BCUT2D eigenvalue weighted by Gasteiger charge is -2.18. The monoisotopic (exact) mass is 570 g/mol. The van der Waals surface area contributed by atoms with Crippen LogP contribution in [-0.2, 0) is 0 Å². The Bertz CT molecular complexity index is 2850. The number of benzene rings is 8. The summed E-state index contributed by atoms with van der Waals surface area (Å²) in [5.41, 5.74) is 3.83. The molecule has 0 aliphatic carbocycles. The van der Waals surface area contributed by atoms with Gasteiger partial charge in [0.2, 0.25) is 0 Å². The quantitative estimate of drug-likeness (QED) is 0.185. The zero-order chi connectivity index (χ0) is 35.3. The van der Waals surface area contributed by atoms with Crippen LogP contribution in [0.1, 0.15) is 11.0 Å². The molecule has 1 aromatic heterocycles. The van der Waals surface area contributed by atoms with Crippen molar-refractivity contribution in [1.29, 1.82) is 0 Å². The molecule has 0 saturated heterocycles. The van der Waals surface area contributed by atoms with Gasteiger partial charge in [0.15, 0.2) is 0 Å². The van der Waals surface area contributed by atoms with Crippen molar-refractivity contribution >= 4 is 63.8 Å². The zero-order valence-corrected chi connectivity index (χ0v) is 23.6. The van der Waals surface area contributed by atoms with Crippen molar-refractivity contribution in [3.05, 3.63) is 158 Å². The van der Waals surface area contributed by atoms with E-state index in [1.807, 2.05) is 30.3 Å². The molecule has 9 rings (SSSR count). The van der Waals surface area contributed by atoms with Crippen molar-refractivity contribution in [2.45, 2.75) is 0 Å². The maximum Gasteiger partial charge on any atom is 0.0629 e. The van der Waals surface area contributed by atoms with Crippen molar-refractivity contribution in [2.24, 2.45) is 0 Å². The molecule has 0 aliphatic heterocycles. The fourth-order valence-electron chi connectivity index (χ4n) is 6.28. The second-order valence-electron chi connectivity index (χ2n) is 10.7. The molecular weight excluding hydrogens is 537 g/mol. The van der Waals surface area contributed by atoms with E-state index >= 15 is 0 Å². The first kappa shape index (κ1) is 17.7. The molecular formula is C42H26S. The topological polar surface area (TPSA) is 0 Å². The van der Waals surface area contributed by atoms with Gasteiger partial charge in [0.25, 0.3) is 0 Å². The van der Waals surface area contributed by atoms with Crippen LogP contribution in [-0.4, -0.2) is 0 Å². The Balaban J connectivity index is 1.31. The highest BCUT2D eigenvalue weighted by Crippen LogP contribution is 2.44. The van der Waals surface area contributed by atoms with Gasteiger partial charge in [-0.05, 0) is 83.9 Å². The lowest BCUT2D eigenvalue weighted by molar-refractivity contribution is 1.63. The number of rotatable bonds is 3. The molecule has 0 atom stereocenters. The number of thiophene rings is 1. The lowest BCUT2D eigenvalue weighted by atomic mass is 9.86. The van der Waals surface area contributed by atoms with E-state index < -0.39 is 24.2 Å². The Hall–Kier alpha value is -5.24. The molecule has 0 spiro atoms. The fraction of sp³-hybridized carbons (Fsp3) is 0. The molecule has 1 heteroatoms. The number of fused-ring (bicyclic) bond motifs is 6. The third kappa shape index (κ3) is 3.90. The molecule has 0 radical (unpaired) electrons. The van der Waals surface area contributed by atoms with Crippen LogP contribution in [0.4, 0.5) is 0 Å². The first-order valence-electron chi connectivity index (χ1n) is 18.1. The van der Waals surface area contributed by atoms with Gasteiger partial charge in [0, 0.05) is 20.2 Å². The summed E-state index contributed by atoms with van der Waals surface area (Å²) >= 11 is 1.76. The maximum absolute atomic E-state index is 9.14. The molecule has 43 heavy (non-hydrogen) atoms. The van der Waals surface area contributed by atoms with Gasteiger partial charge < -0.3 is 0 Å². The second kappa shape index (κ2) is 9.66. The third-order valence-electron chi connectivity index (χ3n) is 8.28. The SMILES string of the molecule is [2H]c1c([2H])c([2H])c2c(-c3ccc(-c4ccc5c(c4)sc4cc6ccccc6cc45)cc3)c3c([2H])c([2H])c([2H])c([2H])c3c(-c3ccccc3)c2c1[2H]. The van der Waals surface area contributed by atoms with Crippen molar-refractivity contribution < 1.29 is 11.0 Å². The van der Waals surface area contributed by atoms with E-state index in [4.69, 9.17) is 11.0 Å². The lowest BCUT2D eigenvalue weighted by Crippen LogP contribution is -1.90. The average molecular weight is 571 g/mol. The minimum atomic E-state index is -0.408. The van der Waals surface area contributed by atoms with Gasteiger partial charge in [-0.15, -0.1) is 11.3 Å². The number of hydrogen-bond acceptors (Lipinski definition) is 1. The summed E-state index contributed by atoms with van der Waals surface area (Å²) in [7, 11) is 0. The third-order valence-corrected chi connectivity index (χ3v) is 9.40. The standard InChI is InChI=1S/C42H26S/c1-2-10-28(11-3-1)41-34-14-6-8-16-36(34)42(37-17-9-7-15-35(37)41)29-20-18-27(19-21-29)32-22-23-33-38-24-30-12-4-5-13-31(30)25-40(38)43-39(33)26-32/h1-26H/i6D,7D,8D,9D,14D,15D,16D,17D. The Morgan fingerprint density at radius 1 is 0.372 bits per heavy atom. The predicted octanol–water partition coefficient (Wildman–Crippen LogP) is 12.5. The van der Waals surface area contributed by atoms with Crippen LogP contribution < -0.4 is 0 Å². The van der Waals surface area contributed by atoms with E-state index in [9.17, 15) is 0 Å². The highest BCUT2D eigenvalue weighted by atomic mass is 32.1. The molecule has 0 amide bonds. The summed E-state index contributed by atoms with van der Waals surface area (Å²) in [6, 6.07) is 33.3. The minimum absolute atomic E-state index is 0.212. The maximum atomic E-state index is 9.14. The molecule has 8 aromatic carbocycles. The van der Waals surface area contributed by atoms with E-state index in [-0.39, 0.29) is 45.7 Å². The Kier molecular flexibility index (Phi) is 3.97. The summed E-state index contributed by atoms with van der Waals surface area (Å²) in [5, 5.41) is 5.69. The minimum Gasteiger partial charge on any atom is -0.135 e. The van der Waals surface area contributed by atoms with Crippen LogP contribution in [0.2, 0.25) is 0 Å². The van der Waals surface area contributed by atoms with Crippen LogP contribution in [0, 0.1) is 0 Å². The highest BCUT2D eigenvalue weighted by molar-refractivity contribution is 7.25. The molecule has 0 bridgehead atoms. The van der Waals surface area contributed by atoms with E-state index in [0.717, 1.165) is 11.1 Å². The normalized spacial score (nSPS) is 14.3. The van der Waals surface area contributed by atoms with Gasteiger partial charge in [-0.25, -0.2) is 0 Å². The molecule has 0 unspecified atom stereocenters. The zero-order valence-electron chi connectivity index (χ0n) is 30.8. The smallest absolute Gasteiger partial charge is 0.0629 e. The van der Waals surface area contributed by atoms with Gasteiger partial charge in [-0.2, -0.15) is 0 Å². The Morgan fingerprint density at radius 2 is 0.860 bits per heavy atom. The van der Waals surface area contributed by atoms with Crippen LogP contribution in [0.3, 0.4) is 0 Å².